The molecule has 0 atom stereocenters. The van der Waals surface area contributed by atoms with Gasteiger partial charge in [-0.1, -0.05) is 290 Å². The number of hydrogen-bond donors (Lipinski definition) is 0. The van der Waals surface area contributed by atoms with E-state index in [1.807, 2.05) is 0 Å². The Morgan fingerprint density at radius 1 is 0.232 bits per heavy atom. The summed E-state index contributed by atoms with van der Waals surface area (Å²) in [5, 5.41) is 0. The van der Waals surface area contributed by atoms with Crippen LogP contribution in [-0.2, 0) is 24.0 Å². The quantitative estimate of drug-likeness (QED) is 0.0162. The molecule has 0 aliphatic heterocycles. The summed E-state index contributed by atoms with van der Waals surface area (Å²) in [6, 6.07) is 21.1. The Labute approximate surface area is 769 Å². The van der Waals surface area contributed by atoms with Crippen LogP contribution in [0.2, 0.25) is 0 Å². The van der Waals surface area contributed by atoms with Crippen molar-refractivity contribution in [1.82, 2.24) is 0 Å². The predicted octanol–water partition coefficient (Wildman–Crippen LogP) is 33.0. The minimum Gasteiger partial charge on any atom is -0.426 e. The average molecular weight is 1860 g/mol. The number of benzene rings is 5. The number of halogens is 10. The van der Waals surface area contributed by atoms with Gasteiger partial charge in [-0.2, -0.15) is 0 Å². The van der Waals surface area contributed by atoms with Crippen LogP contribution in [0.15, 0.2) is 115 Å². The van der Waals surface area contributed by atoms with Crippen molar-refractivity contribution in [3.8, 4) is 28.7 Å². The zero-order chi connectivity index (χ0) is 86.8. The number of esters is 5. The molecule has 0 amide bonds. The second-order valence-corrected chi connectivity index (χ2v) is 36.9. The zero-order valence-corrected chi connectivity index (χ0v) is 78.9. The molecule has 0 saturated heterocycles. The van der Waals surface area contributed by atoms with Gasteiger partial charge >= 0.3 is 29.8 Å². The molecule has 0 bridgehead atoms. The van der Waals surface area contributed by atoms with E-state index in [1.165, 1.54) is 253 Å². The maximum atomic E-state index is 13.4. The molecule has 705 valence electrons. The topological polar surface area (TPSA) is 132 Å². The summed E-state index contributed by atoms with van der Waals surface area (Å²) in [5.74, 6) is 1.11. The molecule has 5 aromatic carbocycles. The SMILES string of the molecule is CCCCCCCC1CCC(C(=O)Oc2ccc([S])c(F)c2)CC1.CCCCCCCC1CCC(C(=O)Oc2ccc([S])c(F)c2)CC1.CCCCCCCC1CCC(C(=O)Oc2ccc([S])c(F)c2)CC1.CCCCCCCC1CCC(C(=O)Oc2ccc([S])c(F)c2)CC1.CCCCCCCC1CCC(C(=O)Oc2ccc([S])c(F)c2)CC1.F.F.F.F.F. The highest BCUT2D eigenvalue weighted by Gasteiger charge is 2.33. The number of hydrogen-bond acceptors (Lipinski definition) is 10. The number of rotatable bonds is 40. The molecule has 125 heavy (non-hydrogen) atoms. The maximum absolute atomic E-state index is 13.4. The maximum Gasteiger partial charge on any atom is 0.314 e. The van der Waals surface area contributed by atoms with Gasteiger partial charge in [0, 0.05) is 30.3 Å². The van der Waals surface area contributed by atoms with Gasteiger partial charge in [-0.25, -0.2) is 22.0 Å². The third-order valence-corrected chi connectivity index (χ3v) is 26.7. The normalized spacial score (nSPS) is 19.9. The van der Waals surface area contributed by atoms with Crippen molar-refractivity contribution in [1.29, 1.82) is 0 Å². The van der Waals surface area contributed by atoms with E-state index >= 15 is 0 Å². The highest BCUT2D eigenvalue weighted by molar-refractivity contribution is 7.81. The van der Waals surface area contributed by atoms with Crippen molar-refractivity contribution in [2.45, 2.75) is 380 Å². The molecule has 0 spiro atoms. The first-order chi connectivity index (χ1) is 58.0. The fourth-order valence-electron chi connectivity index (χ4n) is 17.3. The highest BCUT2D eigenvalue weighted by atomic mass is 32.1. The first kappa shape index (κ1) is 117. The third kappa shape index (κ3) is 46.8. The number of carbonyl (C=O) groups is 5. The van der Waals surface area contributed by atoms with Crippen LogP contribution in [0, 0.1) is 88.3 Å². The van der Waals surface area contributed by atoms with Crippen molar-refractivity contribution in [2.75, 3.05) is 0 Å². The summed E-state index contributed by atoms with van der Waals surface area (Å²) in [6.07, 6.45) is 59.4. The predicted molar refractivity (Wildman–Crippen MR) is 496 cm³/mol. The zero-order valence-electron chi connectivity index (χ0n) is 74.8. The molecule has 5 aliphatic rings. The van der Waals surface area contributed by atoms with Gasteiger partial charge in [0.1, 0.15) is 57.8 Å². The molecule has 10 rings (SSSR count). The van der Waals surface area contributed by atoms with Crippen molar-refractivity contribution < 1.29 is 93.1 Å². The Kier molecular flexibility index (Phi) is 63.6. The van der Waals surface area contributed by atoms with E-state index in [0.717, 1.165) is 158 Å². The molecule has 5 radical (unpaired) electrons. The number of ether oxygens (including phenoxy) is 5. The van der Waals surface area contributed by atoms with Crippen LogP contribution in [0.4, 0.5) is 45.5 Å². The Hall–Kier alpha value is -6.15. The summed E-state index contributed by atoms with van der Waals surface area (Å²) in [4.78, 5) is 61.9. The molecule has 25 heteroatoms. The van der Waals surface area contributed by atoms with Gasteiger partial charge in [-0.3, -0.25) is 47.5 Å². The lowest BCUT2D eigenvalue weighted by molar-refractivity contribution is -0.141. The molecule has 10 nitrogen and oxygen atoms in total. The standard InChI is InChI=1S/5C20H28FO2S.5FH/c5*1-2-3-4-5-6-7-15-8-10-16(11-9-15)20(22)23-17-12-13-19(24)18(21)14-17;;;;;/h5*12-16H,2-11H2,1H3;5*1H. The molecule has 0 unspecified atom stereocenters. The second kappa shape index (κ2) is 68.0. The fraction of sp³-hybridized carbons (Fsp3) is 0.650. The Balaban J connectivity index is 0.000000774. The molecule has 5 fully saturated rings. The van der Waals surface area contributed by atoms with Crippen LogP contribution < -0.4 is 23.7 Å². The van der Waals surface area contributed by atoms with Crippen molar-refractivity contribution in [2.24, 2.45) is 59.2 Å². The largest absolute Gasteiger partial charge is 0.426 e. The lowest BCUT2D eigenvalue weighted by atomic mass is 9.80. The molecule has 5 saturated carbocycles. The Morgan fingerprint density at radius 3 is 0.496 bits per heavy atom. The average Bonchev–Trinajstić information content (AvgIpc) is 0.872. The molecule has 0 N–H and O–H groups in total. The summed E-state index contributed by atoms with van der Waals surface area (Å²) in [7, 11) is 0. The highest BCUT2D eigenvalue weighted by Crippen LogP contribution is 2.40. The van der Waals surface area contributed by atoms with E-state index < -0.39 is 29.1 Å². The van der Waals surface area contributed by atoms with E-state index in [-0.39, 0.29) is 136 Å². The van der Waals surface area contributed by atoms with Crippen molar-refractivity contribution in [3.05, 3.63) is 120 Å². The summed E-state index contributed by atoms with van der Waals surface area (Å²) in [6.45, 7) is 11.2. The van der Waals surface area contributed by atoms with Crippen molar-refractivity contribution in [3.63, 3.8) is 0 Å². The van der Waals surface area contributed by atoms with Crippen molar-refractivity contribution >= 4 is 93.0 Å². The second-order valence-electron chi connectivity index (χ2n) is 34.7. The fourth-order valence-corrected chi connectivity index (χ4v) is 18.0. The first-order valence-corrected chi connectivity index (χ1v) is 48.4. The lowest BCUT2D eigenvalue weighted by Gasteiger charge is -2.27. The Bertz CT molecular complexity index is 3200. The number of carbonyl (C=O) groups excluding carboxylic acids is 5. The number of unbranched alkanes of at least 4 members (excludes halogenated alkanes) is 20. The van der Waals surface area contributed by atoms with E-state index in [1.54, 1.807) is 30.3 Å². The van der Waals surface area contributed by atoms with Crippen LogP contribution >= 0.6 is 63.1 Å². The van der Waals surface area contributed by atoms with Crippen LogP contribution in [0.25, 0.3) is 0 Å². The Morgan fingerprint density at radius 2 is 0.368 bits per heavy atom. The molecule has 5 aromatic rings. The van der Waals surface area contributed by atoms with Gasteiger partial charge in [-0.05, 0) is 219 Å². The first-order valence-electron chi connectivity index (χ1n) is 46.4. The summed E-state index contributed by atoms with van der Waals surface area (Å²) in [5.41, 5.74) is 0. The van der Waals surface area contributed by atoms with Crippen LogP contribution in [0.5, 0.6) is 28.7 Å². The minimum atomic E-state index is -0.512. The third-order valence-electron chi connectivity index (χ3n) is 25.1. The van der Waals surface area contributed by atoms with E-state index in [4.69, 9.17) is 86.8 Å². The smallest absolute Gasteiger partial charge is 0.314 e. The van der Waals surface area contributed by atoms with E-state index in [2.05, 4.69) is 34.6 Å². The van der Waals surface area contributed by atoms with Gasteiger partial charge < -0.3 is 23.7 Å². The molecule has 0 aromatic heterocycles. The lowest BCUT2D eigenvalue weighted by Crippen LogP contribution is -2.25. The van der Waals surface area contributed by atoms with Crippen LogP contribution in [0.3, 0.4) is 0 Å². The van der Waals surface area contributed by atoms with Gasteiger partial charge in [-0.15, -0.1) is 0 Å². The van der Waals surface area contributed by atoms with Gasteiger partial charge in [0.15, 0.2) is 0 Å². The molecular weight excluding hydrogens is 1710 g/mol. The molecular formula is C100H145F10O10S5. The van der Waals surface area contributed by atoms with E-state index in [0.29, 0.717) is 0 Å². The summed E-state index contributed by atoms with van der Waals surface area (Å²) < 4.78 is 93.7. The van der Waals surface area contributed by atoms with Gasteiger partial charge in [0.25, 0.3) is 0 Å². The summed E-state index contributed by atoms with van der Waals surface area (Å²) >= 11 is 24.0. The molecule has 5 aliphatic carbocycles. The van der Waals surface area contributed by atoms with Gasteiger partial charge in [0.05, 0.1) is 54.1 Å². The molecule has 0 heterocycles. The van der Waals surface area contributed by atoms with Gasteiger partial charge in [0.2, 0.25) is 0 Å². The minimum absolute atomic E-state index is 0. The monoisotopic (exact) mass is 1860 g/mol. The van der Waals surface area contributed by atoms with E-state index in [9.17, 15) is 45.9 Å². The van der Waals surface area contributed by atoms with Crippen LogP contribution in [0.1, 0.15) is 356 Å². The van der Waals surface area contributed by atoms with Crippen LogP contribution in [-0.4, -0.2) is 29.8 Å².